The van der Waals surface area contributed by atoms with E-state index in [-0.39, 0.29) is 12.5 Å². The molecule has 0 bridgehead atoms. The first-order valence-electron chi connectivity index (χ1n) is 5.01. The first kappa shape index (κ1) is 10.6. The van der Waals surface area contributed by atoms with E-state index < -0.39 is 0 Å². The maximum atomic E-state index is 11.6. The van der Waals surface area contributed by atoms with Gasteiger partial charge in [0.05, 0.1) is 0 Å². The summed E-state index contributed by atoms with van der Waals surface area (Å²) in [4.78, 5) is 11.6. The Labute approximate surface area is 91.7 Å². The summed E-state index contributed by atoms with van der Waals surface area (Å²) in [5.74, 6) is -0.168. The standard InChI is InChI=1S/C10H12N4O2/c15-5-1-4-11-10(16)7-2-3-8-9(6-7)13-14-12-8/h2-3,6,15H,1,4-5H2,(H,11,16)(H,12,13,14). The van der Waals surface area contributed by atoms with Gasteiger partial charge in [0, 0.05) is 18.7 Å². The van der Waals surface area contributed by atoms with Crippen molar-refractivity contribution >= 4 is 16.9 Å². The normalized spacial score (nSPS) is 10.6. The number of nitrogens with one attached hydrogen (secondary N) is 2. The molecule has 84 valence electrons. The van der Waals surface area contributed by atoms with Gasteiger partial charge >= 0.3 is 0 Å². The predicted octanol–water partition coefficient (Wildman–Crippen LogP) is 0.0701. The number of aliphatic hydroxyl groups is 1. The molecule has 6 nitrogen and oxygen atoms in total. The number of fused-ring (bicyclic) bond motifs is 1. The van der Waals surface area contributed by atoms with Crippen LogP contribution in [-0.4, -0.2) is 39.6 Å². The van der Waals surface area contributed by atoms with Gasteiger partial charge in [0.15, 0.2) is 0 Å². The smallest absolute Gasteiger partial charge is 0.251 e. The molecule has 1 aromatic heterocycles. The van der Waals surface area contributed by atoms with Crippen molar-refractivity contribution in [3.8, 4) is 0 Å². The molecule has 2 aromatic rings. The second kappa shape index (κ2) is 4.71. The molecule has 0 aliphatic heterocycles. The maximum absolute atomic E-state index is 11.6. The molecule has 0 atom stereocenters. The Hall–Kier alpha value is -1.95. The van der Waals surface area contributed by atoms with E-state index in [1.165, 1.54) is 0 Å². The Bertz CT molecular complexity index is 494. The number of hydrogen-bond donors (Lipinski definition) is 3. The highest BCUT2D eigenvalue weighted by atomic mass is 16.3. The van der Waals surface area contributed by atoms with Gasteiger partial charge in [-0.15, -0.1) is 0 Å². The minimum Gasteiger partial charge on any atom is -0.396 e. The van der Waals surface area contributed by atoms with Crippen molar-refractivity contribution in [1.82, 2.24) is 20.7 Å². The quantitative estimate of drug-likeness (QED) is 0.636. The highest BCUT2D eigenvalue weighted by molar-refractivity contribution is 5.97. The first-order chi connectivity index (χ1) is 7.81. The average molecular weight is 220 g/mol. The third-order valence-electron chi connectivity index (χ3n) is 2.20. The van der Waals surface area contributed by atoms with Gasteiger partial charge in [-0.05, 0) is 24.6 Å². The number of aromatic amines is 1. The van der Waals surface area contributed by atoms with Crippen molar-refractivity contribution in [1.29, 1.82) is 0 Å². The largest absolute Gasteiger partial charge is 0.396 e. The molecule has 0 spiro atoms. The lowest BCUT2D eigenvalue weighted by atomic mass is 10.2. The Morgan fingerprint density at radius 3 is 3.00 bits per heavy atom. The summed E-state index contributed by atoms with van der Waals surface area (Å²) < 4.78 is 0. The minimum atomic E-state index is -0.168. The van der Waals surface area contributed by atoms with Crippen LogP contribution in [0.4, 0.5) is 0 Å². The third-order valence-corrected chi connectivity index (χ3v) is 2.20. The van der Waals surface area contributed by atoms with Gasteiger partial charge in [-0.3, -0.25) is 4.79 Å². The van der Waals surface area contributed by atoms with Crippen LogP contribution in [-0.2, 0) is 0 Å². The Morgan fingerprint density at radius 2 is 2.19 bits per heavy atom. The first-order valence-corrected chi connectivity index (χ1v) is 5.01. The Kier molecular flexibility index (Phi) is 3.11. The number of nitrogens with zero attached hydrogens (tertiary/aromatic N) is 2. The van der Waals surface area contributed by atoms with Crippen LogP contribution >= 0.6 is 0 Å². The number of hydrogen-bond acceptors (Lipinski definition) is 4. The highest BCUT2D eigenvalue weighted by Crippen LogP contribution is 2.10. The molecule has 6 heteroatoms. The number of benzene rings is 1. The zero-order valence-electron chi connectivity index (χ0n) is 8.60. The van der Waals surface area contributed by atoms with Crippen LogP contribution in [0.5, 0.6) is 0 Å². The summed E-state index contributed by atoms with van der Waals surface area (Å²) in [7, 11) is 0. The number of carbonyl (C=O) groups is 1. The average Bonchev–Trinajstić information content (AvgIpc) is 2.76. The Morgan fingerprint density at radius 1 is 1.38 bits per heavy atom. The number of aliphatic hydroxyl groups excluding tert-OH is 1. The van der Waals surface area contributed by atoms with E-state index >= 15 is 0 Å². The fraction of sp³-hybridized carbons (Fsp3) is 0.300. The Balaban J connectivity index is 2.10. The molecule has 0 unspecified atom stereocenters. The molecule has 1 amide bonds. The van der Waals surface area contributed by atoms with E-state index in [9.17, 15) is 4.79 Å². The van der Waals surface area contributed by atoms with Crippen LogP contribution in [0.25, 0.3) is 11.0 Å². The number of carbonyl (C=O) groups excluding carboxylic acids is 1. The zero-order chi connectivity index (χ0) is 11.4. The lowest BCUT2D eigenvalue weighted by molar-refractivity contribution is 0.0951. The SMILES string of the molecule is O=C(NCCCO)c1ccc2n[nH]nc2c1. The summed E-state index contributed by atoms with van der Waals surface area (Å²) in [5, 5.41) is 21.6. The molecule has 0 aliphatic rings. The molecule has 1 heterocycles. The second-order valence-corrected chi connectivity index (χ2v) is 3.36. The molecular formula is C10H12N4O2. The summed E-state index contributed by atoms with van der Waals surface area (Å²) in [6.45, 7) is 0.536. The second-order valence-electron chi connectivity index (χ2n) is 3.36. The summed E-state index contributed by atoms with van der Waals surface area (Å²) >= 11 is 0. The van der Waals surface area contributed by atoms with Crippen LogP contribution in [0.3, 0.4) is 0 Å². The summed E-state index contributed by atoms with van der Waals surface area (Å²) in [6.07, 6.45) is 0.554. The van der Waals surface area contributed by atoms with Gasteiger partial charge in [0.2, 0.25) is 0 Å². The van der Waals surface area contributed by atoms with E-state index in [0.29, 0.717) is 24.0 Å². The van der Waals surface area contributed by atoms with Gasteiger partial charge in [-0.1, -0.05) is 0 Å². The van der Waals surface area contributed by atoms with Gasteiger partial charge in [0.25, 0.3) is 5.91 Å². The van der Waals surface area contributed by atoms with Crippen molar-refractivity contribution in [2.45, 2.75) is 6.42 Å². The van der Waals surface area contributed by atoms with Crippen molar-refractivity contribution in [3.63, 3.8) is 0 Å². The lowest BCUT2D eigenvalue weighted by Crippen LogP contribution is -2.24. The monoisotopic (exact) mass is 220 g/mol. The van der Waals surface area contributed by atoms with E-state index in [2.05, 4.69) is 20.7 Å². The zero-order valence-corrected chi connectivity index (χ0v) is 8.60. The van der Waals surface area contributed by atoms with E-state index in [0.717, 1.165) is 5.52 Å². The molecule has 16 heavy (non-hydrogen) atoms. The molecule has 0 saturated heterocycles. The van der Waals surface area contributed by atoms with Crippen LogP contribution < -0.4 is 5.32 Å². The van der Waals surface area contributed by atoms with Crippen LogP contribution in [0.2, 0.25) is 0 Å². The molecule has 0 fully saturated rings. The molecule has 0 radical (unpaired) electrons. The highest BCUT2D eigenvalue weighted by Gasteiger charge is 2.06. The van der Waals surface area contributed by atoms with Crippen molar-refractivity contribution in [3.05, 3.63) is 23.8 Å². The van der Waals surface area contributed by atoms with Gasteiger partial charge < -0.3 is 10.4 Å². The topological polar surface area (TPSA) is 90.9 Å². The number of rotatable bonds is 4. The third kappa shape index (κ3) is 2.17. The molecule has 2 rings (SSSR count). The van der Waals surface area contributed by atoms with Gasteiger partial charge in [-0.2, -0.15) is 15.4 Å². The van der Waals surface area contributed by atoms with Gasteiger partial charge in [0.1, 0.15) is 11.0 Å². The van der Waals surface area contributed by atoms with Crippen molar-refractivity contribution < 1.29 is 9.90 Å². The number of H-pyrrole nitrogens is 1. The lowest BCUT2D eigenvalue weighted by Gasteiger charge is -2.03. The number of amides is 1. The molecular weight excluding hydrogens is 208 g/mol. The van der Waals surface area contributed by atoms with Crippen LogP contribution in [0, 0.1) is 0 Å². The summed E-state index contributed by atoms with van der Waals surface area (Å²) in [6, 6.07) is 5.10. The molecule has 1 aromatic carbocycles. The summed E-state index contributed by atoms with van der Waals surface area (Å²) in [5.41, 5.74) is 1.93. The molecule has 0 aliphatic carbocycles. The van der Waals surface area contributed by atoms with Crippen LogP contribution in [0.1, 0.15) is 16.8 Å². The number of aromatic nitrogens is 3. The van der Waals surface area contributed by atoms with E-state index in [1.807, 2.05) is 0 Å². The van der Waals surface area contributed by atoms with Crippen LogP contribution in [0.15, 0.2) is 18.2 Å². The van der Waals surface area contributed by atoms with Gasteiger partial charge in [-0.25, -0.2) is 0 Å². The molecule has 0 saturated carbocycles. The van der Waals surface area contributed by atoms with E-state index in [4.69, 9.17) is 5.11 Å². The fourth-order valence-corrected chi connectivity index (χ4v) is 1.36. The van der Waals surface area contributed by atoms with Crippen molar-refractivity contribution in [2.75, 3.05) is 13.2 Å². The predicted molar refractivity (Wildman–Crippen MR) is 57.9 cm³/mol. The maximum Gasteiger partial charge on any atom is 0.251 e. The van der Waals surface area contributed by atoms with E-state index in [1.54, 1.807) is 18.2 Å². The fourth-order valence-electron chi connectivity index (χ4n) is 1.36. The minimum absolute atomic E-state index is 0.0720. The molecule has 3 N–H and O–H groups in total. The van der Waals surface area contributed by atoms with Crippen molar-refractivity contribution in [2.24, 2.45) is 0 Å².